The molecule has 5 nitrogen and oxygen atoms in total. The number of aryl methyl sites for hydroxylation is 1. The van der Waals surface area contributed by atoms with Crippen molar-refractivity contribution in [2.45, 2.75) is 11.9 Å². The molecular formula is C22H13B2F3N4O. The smallest absolute Gasteiger partial charge is 0.255 e. The highest BCUT2D eigenvalue weighted by molar-refractivity contribution is 6.42. The summed E-state index contributed by atoms with van der Waals surface area (Å²) in [6.45, 7) is -0.504. The van der Waals surface area contributed by atoms with Gasteiger partial charge in [-0.15, -0.1) is 0 Å². The molecule has 154 valence electrons. The quantitative estimate of drug-likeness (QED) is 0.472. The lowest BCUT2D eigenvalue weighted by molar-refractivity contribution is 0.0727. The van der Waals surface area contributed by atoms with Gasteiger partial charge in [0.05, 0.1) is 33.5 Å². The summed E-state index contributed by atoms with van der Waals surface area (Å²) < 4.78 is 45.8. The predicted octanol–water partition coefficient (Wildman–Crippen LogP) is 3.16. The predicted molar refractivity (Wildman–Crippen MR) is 113 cm³/mol. The molecule has 2 aromatic heterocycles. The van der Waals surface area contributed by atoms with Gasteiger partial charge < -0.3 is 4.90 Å². The van der Waals surface area contributed by atoms with Gasteiger partial charge in [0.1, 0.15) is 17.2 Å². The van der Waals surface area contributed by atoms with Crippen LogP contribution in [-0.4, -0.2) is 41.3 Å². The summed E-state index contributed by atoms with van der Waals surface area (Å²) in [7, 11) is 13.8. The highest BCUT2D eigenvalue weighted by atomic mass is 19.1. The van der Waals surface area contributed by atoms with Crippen LogP contribution in [0.5, 0.6) is 0 Å². The maximum absolute atomic E-state index is 15.0. The SMILES string of the molecule is [B]C1([B])c2ncccc2C(=O)N1Cc1c(F)cc(-c2cc(F)c3nn(C)cc3c2)cc1F. The van der Waals surface area contributed by atoms with E-state index in [0.717, 1.165) is 17.0 Å². The van der Waals surface area contributed by atoms with Crippen molar-refractivity contribution in [1.82, 2.24) is 19.7 Å². The summed E-state index contributed by atoms with van der Waals surface area (Å²) >= 11 is 0. The molecular weight excluding hydrogens is 415 g/mol. The van der Waals surface area contributed by atoms with E-state index in [1.165, 1.54) is 23.0 Å². The number of carbonyl (C=O) groups is 1. The molecule has 1 aliphatic rings. The number of pyridine rings is 1. The topological polar surface area (TPSA) is 51.0 Å². The van der Waals surface area contributed by atoms with Gasteiger partial charge in [0, 0.05) is 35.7 Å². The molecule has 4 radical (unpaired) electrons. The van der Waals surface area contributed by atoms with Crippen LogP contribution in [0.3, 0.4) is 0 Å². The lowest BCUT2D eigenvalue weighted by Gasteiger charge is -2.33. The van der Waals surface area contributed by atoms with Crippen LogP contribution in [0.15, 0.2) is 48.8 Å². The van der Waals surface area contributed by atoms with Crippen molar-refractivity contribution in [3.63, 3.8) is 0 Å². The Kier molecular flexibility index (Phi) is 4.44. The van der Waals surface area contributed by atoms with Crippen LogP contribution in [0.1, 0.15) is 21.6 Å². The number of hydrogen-bond donors (Lipinski definition) is 0. The molecule has 3 heterocycles. The van der Waals surface area contributed by atoms with Crippen molar-refractivity contribution in [2.75, 3.05) is 0 Å². The summed E-state index contributed by atoms with van der Waals surface area (Å²) in [6.07, 6.45) is 3.04. The summed E-state index contributed by atoms with van der Waals surface area (Å²) in [5.41, 5.74) is 0.499. The van der Waals surface area contributed by atoms with E-state index >= 15 is 0 Å². The van der Waals surface area contributed by atoms with Gasteiger partial charge in [-0.05, 0) is 47.5 Å². The summed E-state index contributed by atoms with van der Waals surface area (Å²) in [4.78, 5) is 17.7. The summed E-state index contributed by atoms with van der Waals surface area (Å²) in [5, 5.41) is 2.70. The molecule has 1 amide bonds. The Hall–Kier alpha value is -3.55. The monoisotopic (exact) mass is 428 g/mol. The first-order valence-corrected chi connectivity index (χ1v) is 9.63. The van der Waals surface area contributed by atoms with Gasteiger partial charge in [0.2, 0.25) is 0 Å². The Bertz CT molecular complexity index is 1400. The van der Waals surface area contributed by atoms with Crippen LogP contribution in [-0.2, 0) is 18.9 Å². The Labute approximate surface area is 183 Å². The molecule has 10 heteroatoms. The second-order valence-electron chi connectivity index (χ2n) is 7.73. The molecule has 0 bridgehead atoms. The highest BCUT2D eigenvalue weighted by Crippen LogP contribution is 2.36. The third kappa shape index (κ3) is 3.01. The number of amides is 1. The standard InChI is InChI=1S/C22H13B2F3N4O/c1-30-9-13-5-11(8-18(27)19(13)29-30)12-6-16(25)15(17(26)7-12)10-31-21(32)14-3-2-4-28-20(14)22(31,23)24/h2-9H,10H2,1H3. The Morgan fingerprint density at radius 3 is 2.38 bits per heavy atom. The minimum absolute atomic E-state index is 0.127. The number of rotatable bonds is 3. The van der Waals surface area contributed by atoms with E-state index in [2.05, 4.69) is 10.1 Å². The molecule has 2 aromatic carbocycles. The van der Waals surface area contributed by atoms with Crippen molar-refractivity contribution in [3.8, 4) is 11.1 Å². The molecule has 32 heavy (non-hydrogen) atoms. The van der Waals surface area contributed by atoms with Crippen LogP contribution in [0.2, 0.25) is 0 Å². The van der Waals surface area contributed by atoms with E-state index in [1.807, 2.05) is 0 Å². The molecule has 0 atom stereocenters. The average Bonchev–Trinajstić information content (AvgIpc) is 3.21. The summed E-state index contributed by atoms with van der Waals surface area (Å²) in [6, 6.07) is 7.96. The van der Waals surface area contributed by atoms with E-state index in [9.17, 15) is 18.0 Å². The van der Waals surface area contributed by atoms with Crippen molar-refractivity contribution in [1.29, 1.82) is 0 Å². The minimum Gasteiger partial charge on any atom is -0.340 e. The van der Waals surface area contributed by atoms with E-state index in [0.29, 0.717) is 5.39 Å². The first-order valence-electron chi connectivity index (χ1n) is 9.63. The van der Waals surface area contributed by atoms with Crippen LogP contribution < -0.4 is 0 Å². The lowest BCUT2D eigenvalue weighted by atomic mass is 9.59. The van der Waals surface area contributed by atoms with Crippen LogP contribution in [0.4, 0.5) is 13.2 Å². The zero-order chi connectivity index (χ0) is 22.8. The van der Waals surface area contributed by atoms with Gasteiger partial charge in [-0.25, -0.2) is 13.2 Å². The molecule has 0 aliphatic carbocycles. The number of aromatic nitrogens is 3. The normalized spacial score (nSPS) is 14.9. The van der Waals surface area contributed by atoms with Gasteiger partial charge in [0.15, 0.2) is 5.82 Å². The third-order valence-electron chi connectivity index (χ3n) is 5.58. The van der Waals surface area contributed by atoms with Crippen LogP contribution in [0.25, 0.3) is 22.0 Å². The number of benzene rings is 2. The van der Waals surface area contributed by atoms with Gasteiger partial charge >= 0.3 is 0 Å². The van der Waals surface area contributed by atoms with Crippen LogP contribution >= 0.6 is 0 Å². The molecule has 1 aliphatic heterocycles. The fourth-order valence-corrected chi connectivity index (χ4v) is 4.00. The number of fused-ring (bicyclic) bond motifs is 2. The number of nitrogens with zero attached hydrogens (tertiary/aromatic N) is 4. The maximum atomic E-state index is 15.0. The second kappa shape index (κ2) is 6.98. The molecule has 0 fully saturated rings. The fourth-order valence-electron chi connectivity index (χ4n) is 4.00. The minimum atomic E-state index is -1.82. The van der Waals surface area contributed by atoms with Gasteiger partial charge in [-0.2, -0.15) is 5.10 Å². The van der Waals surface area contributed by atoms with E-state index in [4.69, 9.17) is 15.7 Å². The lowest BCUT2D eigenvalue weighted by Crippen LogP contribution is -2.45. The van der Waals surface area contributed by atoms with Gasteiger partial charge in [-0.1, -0.05) is 0 Å². The molecule has 0 spiro atoms. The molecule has 0 saturated carbocycles. The number of hydrogen-bond acceptors (Lipinski definition) is 3. The Morgan fingerprint density at radius 2 is 1.69 bits per heavy atom. The molecule has 4 aromatic rings. The van der Waals surface area contributed by atoms with E-state index in [-0.39, 0.29) is 27.9 Å². The number of halogens is 3. The Morgan fingerprint density at radius 1 is 1.03 bits per heavy atom. The largest absolute Gasteiger partial charge is 0.340 e. The van der Waals surface area contributed by atoms with Crippen molar-refractivity contribution < 1.29 is 18.0 Å². The first-order chi connectivity index (χ1) is 15.2. The van der Waals surface area contributed by atoms with Gasteiger partial charge in [-0.3, -0.25) is 14.5 Å². The second-order valence-corrected chi connectivity index (χ2v) is 7.73. The first kappa shape index (κ1) is 20.4. The molecule has 5 rings (SSSR count). The Balaban J connectivity index is 1.53. The summed E-state index contributed by atoms with van der Waals surface area (Å²) in [5.74, 6) is -3.02. The van der Waals surface area contributed by atoms with Crippen molar-refractivity contribution in [3.05, 3.63) is 83.1 Å². The third-order valence-corrected chi connectivity index (χ3v) is 5.58. The molecule has 0 unspecified atom stereocenters. The van der Waals surface area contributed by atoms with Crippen LogP contribution in [0, 0.1) is 17.5 Å². The van der Waals surface area contributed by atoms with E-state index in [1.54, 1.807) is 25.4 Å². The number of carbonyl (C=O) groups excluding carboxylic acids is 1. The molecule has 0 N–H and O–H groups in total. The highest BCUT2D eigenvalue weighted by Gasteiger charge is 2.43. The molecule has 0 saturated heterocycles. The fraction of sp³-hybridized carbons (Fsp3) is 0.136. The zero-order valence-electron chi connectivity index (χ0n) is 16.8. The van der Waals surface area contributed by atoms with Gasteiger partial charge in [0.25, 0.3) is 5.91 Å². The maximum Gasteiger partial charge on any atom is 0.255 e. The zero-order valence-corrected chi connectivity index (χ0v) is 16.8. The average molecular weight is 428 g/mol. The van der Waals surface area contributed by atoms with Crippen molar-refractivity contribution in [2.24, 2.45) is 7.05 Å². The van der Waals surface area contributed by atoms with E-state index < -0.39 is 40.8 Å². The van der Waals surface area contributed by atoms with Crippen molar-refractivity contribution >= 4 is 32.5 Å².